The van der Waals surface area contributed by atoms with E-state index in [0.717, 1.165) is 5.56 Å². The third-order valence-corrected chi connectivity index (χ3v) is 1.67. The smallest absolute Gasteiger partial charge is 0.144 e. The summed E-state index contributed by atoms with van der Waals surface area (Å²) in [5, 5.41) is 8.56. The standard InChI is InChI=1S/C9H14N2O2/c1-6-4-7(10)9(11)8(5-6)13-3-2-12/h4-5,12H,2-3,10-11H2,1H3. The molecule has 0 aliphatic heterocycles. The second-order valence-electron chi connectivity index (χ2n) is 2.84. The quantitative estimate of drug-likeness (QED) is 0.595. The second kappa shape index (κ2) is 4.00. The number of aryl methyl sites for hydroxylation is 1. The van der Waals surface area contributed by atoms with E-state index in [-0.39, 0.29) is 13.2 Å². The van der Waals surface area contributed by atoms with Gasteiger partial charge in [-0.1, -0.05) is 0 Å². The predicted octanol–water partition coefficient (Wildman–Crippen LogP) is 0.531. The molecule has 0 aliphatic rings. The summed E-state index contributed by atoms with van der Waals surface area (Å²) in [5.41, 5.74) is 13.2. The molecular formula is C9H14N2O2. The van der Waals surface area contributed by atoms with Crippen LogP contribution in [0.5, 0.6) is 5.75 Å². The maximum Gasteiger partial charge on any atom is 0.144 e. The first-order valence-electron chi connectivity index (χ1n) is 4.04. The van der Waals surface area contributed by atoms with Crippen LogP contribution in [0.2, 0.25) is 0 Å². The van der Waals surface area contributed by atoms with Gasteiger partial charge in [-0.05, 0) is 24.6 Å². The third kappa shape index (κ3) is 2.26. The summed E-state index contributed by atoms with van der Waals surface area (Å²) in [5.74, 6) is 0.534. The first-order chi connectivity index (χ1) is 6.15. The van der Waals surface area contributed by atoms with Gasteiger partial charge >= 0.3 is 0 Å². The van der Waals surface area contributed by atoms with E-state index < -0.39 is 0 Å². The molecule has 0 aliphatic carbocycles. The lowest BCUT2D eigenvalue weighted by Crippen LogP contribution is -2.05. The Bertz CT molecular complexity index is 300. The van der Waals surface area contributed by atoms with Crippen LogP contribution in [-0.2, 0) is 0 Å². The molecule has 0 amide bonds. The van der Waals surface area contributed by atoms with Crippen LogP contribution in [0.1, 0.15) is 5.56 Å². The average Bonchev–Trinajstić information content (AvgIpc) is 2.09. The molecular weight excluding hydrogens is 168 g/mol. The van der Waals surface area contributed by atoms with E-state index in [2.05, 4.69) is 0 Å². The average molecular weight is 182 g/mol. The Morgan fingerprint density at radius 2 is 2.08 bits per heavy atom. The molecule has 0 saturated carbocycles. The van der Waals surface area contributed by atoms with Gasteiger partial charge in [-0.3, -0.25) is 0 Å². The Kier molecular flexibility index (Phi) is 2.97. The molecule has 0 spiro atoms. The van der Waals surface area contributed by atoms with Gasteiger partial charge in [-0.2, -0.15) is 0 Å². The number of hydrogen-bond acceptors (Lipinski definition) is 4. The van der Waals surface area contributed by atoms with Gasteiger partial charge in [0.1, 0.15) is 12.4 Å². The highest BCUT2D eigenvalue weighted by Gasteiger charge is 2.04. The fourth-order valence-corrected chi connectivity index (χ4v) is 1.07. The van der Waals surface area contributed by atoms with Gasteiger partial charge in [0.2, 0.25) is 0 Å². The minimum atomic E-state index is -0.0344. The molecule has 13 heavy (non-hydrogen) atoms. The van der Waals surface area contributed by atoms with E-state index in [0.29, 0.717) is 17.1 Å². The van der Waals surface area contributed by atoms with Gasteiger partial charge < -0.3 is 21.3 Å². The highest BCUT2D eigenvalue weighted by atomic mass is 16.5. The Morgan fingerprint density at radius 1 is 1.38 bits per heavy atom. The maximum absolute atomic E-state index is 8.56. The lowest BCUT2D eigenvalue weighted by atomic mass is 10.2. The Labute approximate surface area is 77.1 Å². The van der Waals surface area contributed by atoms with Crippen molar-refractivity contribution in [1.29, 1.82) is 0 Å². The van der Waals surface area contributed by atoms with E-state index in [1.54, 1.807) is 12.1 Å². The predicted molar refractivity (Wildman–Crippen MR) is 52.6 cm³/mol. The highest BCUT2D eigenvalue weighted by molar-refractivity contribution is 5.71. The summed E-state index contributed by atoms with van der Waals surface area (Å²) >= 11 is 0. The van der Waals surface area contributed by atoms with Gasteiger partial charge in [0.05, 0.1) is 18.0 Å². The van der Waals surface area contributed by atoms with Crippen LogP contribution >= 0.6 is 0 Å². The normalized spacial score (nSPS) is 10.0. The largest absolute Gasteiger partial charge is 0.489 e. The fourth-order valence-electron chi connectivity index (χ4n) is 1.07. The molecule has 1 aromatic rings. The van der Waals surface area contributed by atoms with E-state index in [1.165, 1.54) is 0 Å². The third-order valence-electron chi connectivity index (χ3n) is 1.67. The van der Waals surface area contributed by atoms with E-state index in [9.17, 15) is 0 Å². The van der Waals surface area contributed by atoms with Crippen molar-refractivity contribution in [1.82, 2.24) is 0 Å². The van der Waals surface area contributed by atoms with Crippen LogP contribution < -0.4 is 16.2 Å². The van der Waals surface area contributed by atoms with Crippen molar-refractivity contribution >= 4 is 11.4 Å². The van der Waals surface area contributed by atoms with E-state index in [4.69, 9.17) is 21.3 Å². The molecule has 4 nitrogen and oxygen atoms in total. The number of aliphatic hydroxyl groups excluding tert-OH is 1. The van der Waals surface area contributed by atoms with Crippen LogP contribution in [0.25, 0.3) is 0 Å². The molecule has 4 heteroatoms. The zero-order valence-electron chi connectivity index (χ0n) is 7.58. The number of aliphatic hydroxyl groups is 1. The monoisotopic (exact) mass is 182 g/mol. The van der Waals surface area contributed by atoms with Crippen molar-refractivity contribution in [3.8, 4) is 5.75 Å². The summed E-state index contributed by atoms with van der Waals surface area (Å²) in [6.07, 6.45) is 0. The Hall–Kier alpha value is -1.42. The van der Waals surface area contributed by atoms with E-state index >= 15 is 0 Å². The van der Waals surface area contributed by atoms with Crippen molar-refractivity contribution < 1.29 is 9.84 Å². The summed E-state index contributed by atoms with van der Waals surface area (Å²) in [6.45, 7) is 2.10. The number of nitrogens with two attached hydrogens (primary N) is 2. The SMILES string of the molecule is Cc1cc(N)c(N)c(OCCO)c1. The van der Waals surface area contributed by atoms with Gasteiger partial charge in [0, 0.05) is 0 Å². The molecule has 1 rings (SSSR count). The molecule has 0 unspecified atom stereocenters. The summed E-state index contributed by atoms with van der Waals surface area (Å²) in [6, 6.07) is 3.57. The van der Waals surface area contributed by atoms with Crippen LogP contribution in [0, 0.1) is 6.92 Å². The number of nitrogen functional groups attached to an aromatic ring is 2. The number of benzene rings is 1. The first-order valence-corrected chi connectivity index (χ1v) is 4.04. The molecule has 0 heterocycles. The van der Waals surface area contributed by atoms with Gasteiger partial charge in [0.25, 0.3) is 0 Å². The summed E-state index contributed by atoms with van der Waals surface area (Å²) in [7, 11) is 0. The minimum absolute atomic E-state index is 0.0344. The van der Waals surface area contributed by atoms with Gasteiger partial charge in [-0.15, -0.1) is 0 Å². The van der Waals surface area contributed by atoms with Crippen LogP contribution in [0.15, 0.2) is 12.1 Å². The van der Waals surface area contributed by atoms with Crippen LogP contribution in [-0.4, -0.2) is 18.3 Å². The lowest BCUT2D eigenvalue weighted by Gasteiger charge is -2.10. The van der Waals surface area contributed by atoms with Crippen molar-refractivity contribution in [2.45, 2.75) is 6.92 Å². The number of hydrogen-bond donors (Lipinski definition) is 3. The molecule has 0 bridgehead atoms. The lowest BCUT2D eigenvalue weighted by molar-refractivity contribution is 0.202. The van der Waals surface area contributed by atoms with Crippen LogP contribution in [0.3, 0.4) is 0 Å². The van der Waals surface area contributed by atoms with Crippen LogP contribution in [0.4, 0.5) is 11.4 Å². The maximum atomic E-state index is 8.56. The molecule has 0 radical (unpaired) electrons. The first kappa shape index (κ1) is 9.67. The molecule has 1 aromatic carbocycles. The summed E-state index contributed by atoms with van der Waals surface area (Å²) < 4.78 is 5.19. The van der Waals surface area contributed by atoms with Crippen molar-refractivity contribution in [2.75, 3.05) is 24.7 Å². The number of rotatable bonds is 3. The van der Waals surface area contributed by atoms with Gasteiger partial charge in [0.15, 0.2) is 0 Å². The molecule has 0 fully saturated rings. The van der Waals surface area contributed by atoms with Gasteiger partial charge in [-0.25, -0.2) is 0 Å². The zero-order valence-corrected chi connectivity index (χ0v) is 7.58. The topological polar surface area (TPSA) is 81.5 Å². The van der Waals surface area contributed by atoms with Crippen molar-refractivity contribution in [3.63, 3.8) is 0 Å². The Morgan fingerprint density at radius 3 is 2.69 bits per heavy atom. The number of ether oxygens (including phenoxy) is 1. The highest BCUT2D eigenvalue weighted by Crippen LogP contribution is 2.28. The molecule has 0 atom stereocenters. The Balaban J connectivity index is 2.92. The van der Waals surface area contributed by atoms with Crippen molar-refractivity contribution in [2.24, 2.45) is 0 Å². The molecule has 5 N–H and O–H groups in total. The molecule has 72 valence electrons. The fraction of sp³-hybridized carbons (Fsp3) is 0.333. The minimum Gasteiger partial charge on any atom is -0.489 e. The van der Waals surface area contributed by atoms with E-state index in [1.807, 2.05) is 6.92 Å². The zero-order chi connectivity index (χ0) is 9.84. The molecule has 0 saturated heterocycles. The molecule has 0 aromatic heterocycles. The number of anilines is 2. The second-order valence-corrected chi connectivity index (χ2v) is 2.84. The summed E-state index contributed by atoms with van der Waals surface area (Å²) in [4.78, 5) is 0. The van der Waals surface area contributed by atoms with Crippen molar-refractivity contribution in [3.05, 3.63) is 17.7 Å².